The van der Waals surface area contributed by atoms with Gasteiger partial charge in [-0.05, 0) is 35.9 Å². The molecule has 0 aliphatic heterocycles. The van der Waals surface area contributed by atoms with Crippen molar-refractivity contribution < 1.29 is 13.5 Å². The molecule has 0 radical (unpaired) electrons. The van der Waals surface area contributed by atoms with Crippen LogP contribution in [0.15, 0.2) is 60.9 Å². The number of likely N-dealkylation sites (N-methyl/N-ethyl adjacent to an activating group) is 1. The van der Waals surface area contributed by atoms with E-state index in [9.17, 15) is 8.78 Å². The normalized spacial score (nSPS) is 11.1. The second-order valence-electron chi connectivity index (χ2n) is 6.86. The topological polar surface area (TPSA) is 51.1 Å². The van der Waals surface area contributed by atoms with Crippen molar-refractivity contribution in [2.45, 2.75) is 0 Å². The van der Waals surface area contributed by atoms with Gasteiger partial charge in [0.1, 0.15) is 5.82 Å². The monoisotopic (exact) mass is 406 g/mol. The highest BCUT2D eigenvalue weighted by Gasteiger charge is 2.16. The van der Waals surface area contributed by atoms with Crippen LogP contribution < -0.4 is 4.90 Å². The van der Waals surface area contributed by atoms with Gasteiger partial charge in [-0.15, -0.1) is 0 Å². The first-order chi connectivity index (χ1) is 14.6. The van der Waals surface area contributed by atoms with Crippen LogP contribution in [0.2, 0.25) is 0 Å². The number of halogens is 2. The molecule has 0 spiro atoms. The molecule has 0 saturated carbocycles. The maximum absolute atomic E-state index is 14.4. The summed E-state index contributed by atoms with van der Waals surface area (Å²) in [4.78, 5) is 15.5. The van der Waals surface area contributed by atoms with Gasteiger partial charge in [-0.2, -0.15) is 0 Å². The van der Waals surface area contributed by atoms with E-state index in [2.05, 4.69) is 9.97 Å². The number of nitrogens with zero attached hydrogens (tertiary/aromatic N) is 4. The van der Waals surface area contributed by atoms with Crippen molar-refractivity contribution in [1.29, 1.82) is 0 Å². The van der Waals surface area contributed by atoms with Gasteiger partial charge in [-0.3, -0.25) is 4.98 Å². The summed E-state index contributed by atoms with van der Waals surface area (Å²) in [5, 5.41) is 0.738. The first-order valence-electron chi connectivity index (χ1n) is 9.45. The highest BCUT2D eigenvalue weighted by atomic mass is 19.2. The number of hydrogen-bond acceptors (Lipinski definition) is 5. The molecule has 0 aliphatic carbocycles. The average molecular weight is 406 g/mol. The zero-order chi connectivity index (χ0) is 21.1. The summed E-state index contributed by atoms with van der Waals surface area (Å²) in [5.41, 5.74) is 2.24. The summed E-state index contributed by atoms with van der Waals surface area (Å²) in [6.45, 7) is 1.12. The Morgan fingerprint density at radius 2 is 1.87 bits per heavy atom. The second kappa shape index (κ2) is 8.51. The van der Waals surface area contributed by atoms with Crippen molar-refractivity contribution in [1.82, 2.24) is 15.0 Å². The predicted molar refractivity (Wildman–Crippen MR) is 113 cm³/mol. The second-order valence-corrected chi connectivity index (χ2v) is 6.86. The highest BCUT2D eigenvalue weighted by Crippen LogP contribution is 2.32. The lowest BCUT2D eigenvalue weighted by molar-refractivity contribution is 0.206. The van der Waals surface area contributed by atoms with E-state index in [1.54, 1.807) is 43.8 Å². The minimum atomic E-state index is -0.881. The maximum atomic E-state index is 14.4. The molecule has 0 bridgehead atoms. The molecule has 0 unspecified atom stereocenters. The summed E-state index contributed by atoms with van der Waals surface area (Å²) in [5.74, 6) is -0.540. The third kappa shape index (κ3) is 3.84. The van der Waals surface area contributed by atoms with Crippen LogP contribution in [0.5, 0.6) is 0 Å². The number of fused-ring (bicyclic) bond motifs is 1. The number of aromatic nitrogens is 3. The Balaban J connectivity index is 1.90. The zero-order valence-corrected chi connectivity index (χ0v) is 16.6. The quantitative estimate of drug-likeness (QED) is 0.464. The van der Waals surface area contributed by atoms with Gasteiger partial charge in [0.25, 0.3) is 0 Å². The molecule has 0 fully saturated rings. The Hall–Kier alpha value is -3.45. The van der Waals surface area contributed by atoms with Crippen molar-refractivity contribution in [3.05, 3.63) is 72.6 Å². The Labute approximate surface area is 173 Å². The van der Waals surface area contributed by atoms with Crippen LogP contribution in [-0.4, -0.2) is 42.3 Å². The fourth-order valence-electron chi connectivity index (χ4n) is 3.26. The van der Waals surface area contributed by atoms with Crippen LogP contribution in [0.25, 0.3) is 33.4 Å². The largest absolute Gasteiger partial charge is 0.383 e. The molecule has 0 aliphatic rings. The molecule has 30 heavy (non-hydrogen) atoms. The lowest BCUT2D eigenvalue weighted by Crippen LogP contribution is -2.23. The van der Waals surface area contributed by atoms with Crippen LogP contribution in [0.4, 0.5) is 14.6 Å². The predicted octanol–water partition coefficient (Wildman–Crippen LogP) is 4.72. The van der Waals surface area contributed by atoms with Gasteiger partial charge in [-0.1, -0.05) is 18.2 Å². The maximum Gasteiger partial charge on any atom is 0.166 e. The fraction of sp³-hybridized carbons (Fsp3) is 0.174. The molecular weight excluding hydrogens is 386 g/mol. The van der Waals surface area contributed by atoms with Crippen molar-refractivity contribution in [2.75, 3.05) is 32.2 Å². The molecule has 2 aromatic heterocycles. The fourth-order valence-corrected chi connectivity index (χ4v) is 3.26. The molecule has 2 aromatic carbocycles. The van der Waals surface area contributed by atoms with Crippen molar-refractivity contribution in [2.24, 2.45) is 0 Å². The first kappa shape index (κ1) is 19.8. The number of methoxy groups -OCH3 is 1. The molecular formula is C23H20F2N4O. The van der Waals surface area contributed by atoms with Crippen molar-refractivity contribution in [3.8, 4) is 22.5 Å². The van der Waals surface area contributed by atoms with E-state index >= 15 is 0 Å². The third-order valence-corrected chi connectivity index (χ3v) is 4.85. The van der Waals surface area contributed by atoms with Gasteiger partial charge in [0.05, 0.1) is 12.1 Å². The molecule has 2 heterocycles. The van der Waals surface area contributed by atoms with Gasteiger partial charge in [-0.25, -0.2) is 18.7 Å². The summed E-state index contributed by atoms with van der Waals surface area (Å²) >= 11 is 0. The third-order valence-electron chi connectivity index (χ3n) is 4.85. The summed E-state index contributed by atoms with van der Waals surface area (Å²) < 4.78 is 33.3. The molecule has 5 nitrogen and oxygen atoms in total. The van der Waals surface area contributed by atoms with E-state index in [1.165, 1.54) is 6.07 Å². The molecule has 0 amide bonds. The van der Waals surface area contributed by atoms with E-state index in [-0.39, 0.29) is 5.56 Å². The SMILES string of the molecule is COCCN(C)c1nc(-c2cccnc2)nc2ccc(-c3cccc(F)c3F)cc12. The molecule has 4 rings (SSSR count). The van der Waals surface area contributed by atoms with Crippen molar-refractivity contribution in [3.63, 3.8) is 0 Å². The lowest BCUT2D eigenvalue weighted by Gasteiger charge is -2.20. The highest BCUT2D eigenvalue weighted by molar-refractivity contribution is 5.94. The lowest BCUT2D eigenvalue weighted by atomic mass is 10.0. The standard InChI is InChI=1S/C23H20F2N4O/c1-29(11-12-30-2)23-18-13-15(17-6-3-7-19(24)21(17)25)8-9-20(18)27-22(28-23)16-5-4-10-26-14-16/h3-10,13-14H,11-12H2,1-2H3. The van der Waals surface area contributed by atoms with Crippen molar-refractivity contribution >= 4 is 16.7 Å². The Kier molecular flexibility index (Phi) is 5.63. The van der Waals surface area contributed by atoms with E-state index in [0.717, 1.165) is 17.0 Å². The van der Waals surface area contributed by atoms with Crippen LogP contribution in [0.1, 0.15) is 0 Å². The Morgan fingerprint density at radius 1 is 1.00 bits per heavy atom. The minimum Gasteiger partial charge on any atom is -0.383 e. The van der Waals surface area contributed by atoms with Crippen LogP contribution in [0.3, 0.4) is 0 Å². The zero-order valence-electron chi connectivity index (χ0n) is 16.6. The van der Waals surface area contributed by atoms with E-state index in [1.807, 2.05) is 24.1 Å². The number of benzene rings is 2. The van der Waals surface area contributed by atoms with Crippen LogP contribution in [0, 0.1) is 11.6 Å². The Morgan fingerprint density at radius 3 is 2.63 bits per heavy atom. The molecule has 0 saturated heterocycles. The van der Waals surface area contributed by atoms with Gasteiger partial charge in [0.15, 0.2) is 17.5 Å². The van der Waals surface area contributed by atoms with Gasteiger partial charge >= 0.3 is 0 Å². The first-order valence-corrected chi connectivity index (χ1v) is 9.45. The van der Waals surface area contributed by atoms with Crippen LogP contribution in [-0.2, 0) is 4.74 Å². The van der Waals surface area contributed by atoms with E-state index < -0.39 is 11.6 Å². The number of rotatable bonds is 6. The molecule has 0 N–H and O–H groups in total. The van der Waals surface area contributed by atoms with Gasteiger partial charge in [0, 0.05) is 49.6 Å². The average Bonchev–Trinajstić information content (AvgIpc) is 2.78. The van der Waals surface area contributed by atoms with Gasteiger partial charge < -0.3 is 9.64 Å². The number of pyridine rings is 1. The Bertz CT molecular complexity index is 1180. The number of anilines is 1. The summed E-state index contributed by atoms with van der Waals surface area (Å²) in [6, 6.07) is 13.2. The number of ether oxygens (including phenoxy) is 1. The summed E-state index contributed by atoms with van der Waals surface area (Å²) in [7, 11) is 3.54. The number of hydrogen-bond donors (Lipinski definition) is 0. The minimum absolute atomic E-state index is 0.193. The summed E-state index contributed by atoms with van der Waals surface area (Å²) in [6.07, 6.45) is 3.40. The van der Waals surface area contributed by atoms with E-state index in [4.69, 9.17) is 9.72 Å². The van der Waals surface area contributed by atoms with Crippen LogP contribution >= 0.6 is 0 Å². The molecule has 4 aromatic rings. The van der Waals surface area contributed by atoms with E-state index in [0.29, 0.717) is 35.9 Å². The van der Waals surface area contributed by atoms with Gasteiger partial charge in [0.2, 0.25) is 0 Å². The molecule has 7 heteroatoms. The molecule has 152 valence electrons. The smallest absolute Gasteiger partial charge is 0.166 e. The molecule has 0 atom stereocenters.